The van der Waals surface area contributed by atoms with E-state index in [9.17, 15) is 13.2 Å². The predicted octanol–water partition coefficient (Wildman–Crippen LogP) is 2.02. The number of ether oxygens (including phenoxy) is 2. The molecule has 0 spiro atoms. The van der Waals surface area contributed by atoms with E-state index in [1.807, 2.05) is 11.8 Å². The molecule has 1 N–H and O–H groups in total. The van der Waals surface area contributed by atoms with Gasteiger partial charge in [-0.25, -0.2) is 8.42 Å². The SMILES string of the molecule is COc1ccc(NC(C)C(=O)N2CC(C)CC(C)C2)cc1S(=O)(=O)N1CCOCC1. The molecule has 168 valence electrons. The summed E-state index contributed by atoms with van der Waals surface area (Å²) in [6.45, 7) is 9.03. The summed E-state index contributed by atoms with van der Waals surface area (Å²) in [7, 11) is -2.28. The van der Waals surface area contributed by atoms with Gasteiger partial charge in [0.2, 0.25) is 15.9 Å². The fourth-order valence-corrected chi connectivity index (χ4v) is 5.91. The van der Waals surface area contributed by atoms with Crippen LogP contribution in [-0.2, 0) is 19.6 Å². The lowest BCUT2D eigenvalue weighted by molar-refractivity contribution is -0.134. The molecule has 2 saturated heterocycles. The second-order valence-electron chi connectivity index (χ2n) is 8.44. The number of rotatable bonds is 6. The van der Waals surface area contributed by atoms with Crippen LogP contribution in [0.4, 0.5) is 5.69 Å². The highest BCUT2D eigenvalue weighted by molar-refractivity contribution is 7.89. The minimum Gasteiger partial charge on any atom is -0.495 e. The highest BCUT2D eigenvalue weighted by Crippen LogP contribution is 2.30. The van der Waals surface area contributed by atoms with Gasteiger partial charge in [0.1, 0.15) is 16.7 Å². The van der Waals surface area contributed by atoms with E-state index >= 15 is 0 Å². The summed E-state index contributed by atoms with van der Waals surface area (Å²) >= 11 is 0. The van der Waals surface area contributed by atoms with E-state index in [4.69, 9.17) is 9.47 Å². The topological polar surface area (TPSA) is 88.2 Å². The first-order valence-electron chi connectivity index (χ1n) is 10.5. The van der Waals surface area contributed by atoms with Crippen LogP contribution in [0.5, 0.6) is 5.75 Å². The smallest absolute Gasteiger partial charge is 0.246 e. The summed E-state index contributed by atoms with van der Waals surface area (Å²) in [6.07, 6.45) is 1.13. The van der Waals surface area contributed by atoms with E-state index in [2.05, 4.69) is 19.2 Å². The molecule has 0 saturated carbocycles. The Hall–Kier alpha value is -1.84. The van der Waals surface area contributed by atoms with Crippen LogP contribution in [0, 0.1) is 11.8 Å². The van der Waals surface area contributed by atoms with E-state index in [1.165, 1.54) is 11.4 Å². The van der Waals surface area contributed by atoms with Gasteiger partial charge in [0, 0.05) is 31.9 Å². The zero-order valence-corrected chi connectivity index (χ0v) is 19.1. The normalized spacial score (nSPS) is 24.3. The number of methoxy groups -OCH3 is 1. The summed E-state index contributed by atoms with van der Waals surface area (Å²) in [5, 5.41) is 3.18. The number of nitrogens with one attached hydrogen (secondary N) is 1. The van der Waals surface area contributed by atoms with Gasteiger partial charge in [-0.2, -0.15) is 4.31 Å². The Bertz CT molecular complexity index is 844. The van der Waals surface area contributed by atoms with Gasteiger partial charge in [-0.05, 0) is 43.4 Å². The summed E-state index contributed by atoms with van der Waals surface area (Å²) in [5.41, 5.74) is 0.571. The Labute approximate surface area is 179 Å². The summed E-state index contributed by atoms with van der Waals surface area (Å²) in [6, 6.07) is 4.45. The molecule has 3 unspecified atom stereocenters. The third-order valence-corrected chi connectivity index (χ3v) is 7.61. The van der Waals surface area contributed by atoms with Gasteiger partial charge in [-0.15, -0.1) is 0 Å². The Balaban J connectivity index is 1.78. The Kier molecular flexibility index (Phi) is 7.26. The molecule has 30 heavy (non-hydrogen) atoms. The molecule has 2 aliphatic rings. The van der Waals surface area contributed by atoms with Crippen molar-refractivity contribution in [3.63, 3.8) is 0 Å². The van der Waals surface area contributed by atoms with Crippen LogP contribution in [-0.4, -0.2) is 76.1 Å². The van der Waals surface area contributed by atoms with Gasteiger partial charge in [-0.3, -0.25) is 4.79 Å². The number of benzene rings is 1. The minimum atomic E-state index is -3.73. The number of hydrogen-bond donors (Lipinski definition) is 1. The monoisotopic (exact) mass is 439 g/mol. The lowest BCUT2D eigenvalue weighted by atomic mass is 9.91. The van der Waals surface area contributed by atoms with Gasteiger partial charge >= 0.3 is 0 Å². The van der Waals surface area contributed by atoms with E-state index in [-0.39, 0.29) is 16.6 Å². The zero-order chi connectivity index (χ0) is 21.9. The van der Waals surface area contributed by atoms with Crippen LogP contribution < -0.4 is 10.1 Å². The molecule has 2 heterocycles. The molecule has 2 aliphatic heterocycles. The van der Waals surface area contributed by atoms with Crippen molar-refractivity contribution in [2.75, 3.05) is 51.8 Å². The number of morpholine rings is 1. The van der Waals surface area contributed by atoms with Crippen molar-refractivity contribution in [1.29, 1.82) is 0 Å². The van der Waals surface area contributed by atoms with Crippen LogP contribution in [0.2, 0.25) is 0 Å². The molecule has 0 aromatic heterocycles. The lowest BCUT2D eigenvalue weighted by Crippen LogP contribution is -2.48. The second kappa shape index (κ2) is 9.53. The molecule has 0 aliphatic carbocycles. The molecule has 2 fully saturated rings. The molecule has 9 heteroatoms. The first kappa shape index (κ1) is 22.8. The fourth-order valence-electron chi connectivity index (χ4n) is 4.32. The number of likely N-dealkylation sites (tertiary alicyclic amines) is 1. The van der Waals surface area contributed by atoms with Crippen LogP contribution in [0.1, 0.15) is 27.2 Å². The molecule has 0 radical (unpaired) electrons. The number of nitrogens with zero attached hydrogens (tertiary/aromatic N) is 2. The van der Waals surface area contributed by atoms with Crippen LogP contribution in [0.3, 0.4) is 0 Å². The van der Waals surface area contributed by atoms with E-state index in [0.717, 1.165) is 19.5 Å². The average Bonchev–Trinajstić information content (AvgIpc) is 2.73. The lowest BCUT2D eigenvalue weighted by Gasteiger charge is -2.36. The molecular formula is C21H33N3O5S. The highest BCUT2D eigenvalue weighted by Gasteiger charge is 2.31. The number of carbonyl (C=O) groups is 1. The third kappa shape index (κ3) is 5.07. The molecule has 3 rings (SSSR count). The van der Waals surface area contributed by atoms with Crippen molar-refractivity contribution >= 4 is 21.6 Å². The first-order valence-corrected chi connectivity index (χ1v) is 12.0. The van der Waals surface area contributed by atoms with Crippen molar-refractivity contribution in [1.82, 2.24) is 9.21 Å². The van der Waals surface area contributed by atoms with Crippen molar-refractivity contribution in [3.05, 3.63) is 18.2 Å². The number of piperidine rings is 1. The van der Waals surface area contributed by atoms with Crippen molar-refractivity contribution < 1.29 is 22.7 Å². The summed E-state index contributed by atoms with van der Waals surface area (Å²) in [5.74, 6) is 1.28. The molecule has 1 aromatic carbocycles. The quantitative estimate of drug-likeness (QED) is 0.730. The average molecular weight is 440 g/mol. The van der Waals surface area contributed by atoms with Crippen LogP contribution >= 0.6 is 0 Å². The predicted molar refractivity (Wildman–Crippen MR) is 115 cm³/mol. The van der Waals surface area contributed by atoms with Crippen LogP contribution in [0.25, 0.3) is 0 Å². The van der Waals surface area contributed by atoms with Gasteiger partial charge in [0.15, 0.2) is 0 Å². The Morgan fingerprint density at radius 3 is 2.43 bits per heavy atom. The maximum Gasteiger partial charge on any atom is 0.246 e. The largest absolute Gasteiger partial charge is 0.495 e. The van der Waals surface area contributed by atoms with Crippen LogP contribution in [0.15, 0.2) is 23.1 Å². The van der Waals surface area contributed by atoms with Crippen molar-refractivity contribution in [3.8, 4) is 5.75 Å². The van der Waals surface area contributed by atoms with E-state index in [0.29, 0.717) is 43.8 Å². The first-order chi connectivity index (χ1) is 14.2. The number of hydrogen-bond acceptors (Lipinski definition) is 6. The van der Waals surface area contributed by atoms with Crippen molar-refractivity contribution in [2.45, 2.75) is 38.1 Å². The maximum absolute atomic E-state index is 13.1. The third-order valence-electron chi connectivity index (χ3n) is 5.69. The van der Waals surface area contributed by atoms with Gasteiger partial charge < -0.3 is 19.7 Å². The van der Waals surface area contributed by atoms with Gasteiger partial charge in [-0.1, -0.05) is 13.8 Å². The molecule has 3 atom stereocenters. The number of amides is 1. The second-order valence-corrected chi connectivity index (χ2v) is 10.3. The number of anilines is 1. The van der Waals surface area contributed by atoms with E-state index in [1.54, 1.807) is 18.2 Å². The van der Waals surface area contributed by atoms with Gasteiger partial charge in [0.25, 0.3) is 0 Å². The number of carbonyl (C=O) groups excluding carboxylic acids is 1. The Morgan fingerprint density at radius 1 is 1.20 bits per heavy atom. The fraction of sp³-hybridized carbons (Fsp3) is 0.667. The molecule has 1 amide bonds. The summed E-state index contributed by atoms with van der Waals surface area (Å²) < 4.78 is 38.3. The zero-order valence-electron chi connectivity index (χ0n) is 18.3. The number of sulfonamides is 1. The highest BCUT2D eigenvalue weighted by atomic mass is 32.2. The standard InChI is InChI=1S/C21H33N3O5S/c1-15-11-16(2)14-23(13-15)21(25)17(3)22-18-5-6-19(28-4)20(12-18)30(26,27)24-7-9-29-10-8-24/h5-6,12,15-17,22H,7-11,13-14H2,1-4H3. The van der Waals surface area contributed by atoms with Gasteiger partial charge in [0.05, 0.1) is 20.3 Å². The molecule has 1 aromatic rings. The molecular weight excluding hydrogens is 406 g/mol. The molecule has 8 nitrogen and oxygen atoms in total. The molecule has 0 bridgehead atoms. The Morgan fingerprint density at radius 2 is 1.83 bits per heavy atom. The summed E-state index contributed by atoms with van der Waals surface area (Å²) in [4.78, 5) is 14.9. The maximum atomic E-state index is 13.1. The van der Waals surface area contributed by atoms with E-state index < -0.39 is 16.1 Å². The van der Waals surface area contributed by atoms with Crippen molar-refractivity contribution in [2.24, 2.45) is 11.8 Å². The minimum absolute atomic E-state index is 0.0294.